The molecule has 2 heterocycles. The van der Waals surface area contributed by atoms with E-state index in [1.165, 1.54) is 11.8 Å². The predicted molar refractivity (Wildman–Crippen MR) is 109 cm³/mol. The number of halogens is 1. The van der Waals surface area contributed by atoms with E-state index in [4.69, 9.17) is 9.47 Å². The molecule has 27 heavy (non-hydrogen) atoms. The quantitative estimate of drug-likeness (QED) is 0.558. The van der Waals surface area contributed by atoms with E-state index >= 15 is 0 Å². The standard InChI is InChI=1S/C20H17BrN2O3S/c1-25-17-9-12-7-8-23-16(15(12)10-18(17)26-2)11-19(22-20(23)24)27-14-5-3-13(21)4-6-14/h3-6,9-11H,7-8H2,1-2H3. The number of aryl methyl sites for hydroxylation is 1. The molecule has 4 rings (SSSR count). The Bertz CT molecular complexity index is 1060. The molecule has 1 aliphatic rings. The van der Waals surface area contributed by atoms with E-state index < -0.39 is 0 Å². The van der Waals surface area contributed by atoms with Gasteiger partial charge in [0.1, 0.15) is 5.03 Å². The van der Waals surface area contributed by atoms with Crippen molar-refractivity contribution >= 4 is 27.7 Å². The van der Waals surface area contributed by atoms with E-state index in [1.807, 2.05) is 42.5 Å². The van der Waals surface area contributed by atoms with Gasteiger partial charge in [0.15, 0.2) is 11.5 Å². The Morgan fingerprint density at radius 3 is 2.48 bits per heavy atom. The molecule has 0 unspecified atom stereocenters. The number of rotatable bonds is 4. The van der Waals surface area contributed by atoms with E-state index in [2.05, 4.69) is 20.9 Å². The van der Waals surface area contributed by atoms with Crippen LogP contribution in [-0.2, 0) is 13.0 Å². The van der Waals surface area contributed by atoms with Gasteiger partial charge in [-0.15, -0.1) is 0 Å². The van der Waals surface area contributed by atoms with Gasteiger partial charge in [-0.3, -0.25) is 4.57 Å². The molecule has 138 valence electrons. The van der Waals surface area contributed by atoms with Crippen molar-refractivity contribution in [2.24, 2.45) is 0 Å². The Morgan fingerprint density at radius 2 is 1.78 bits per heavy atom. The zero-order valence-electron chi connectivity index (χ0n) is 14.9. The molecule has 0 atom stereocenters. The van der Waals surface area contributed by atoms with Crippen LogP contribution in [0.3, 0.4) is 0 Å². The Morgan fingerprint density at radius 1 is 1.07 bits per heavy atom. The van der Waals surface area contributed by atoms with Crippen molar-refractivity contribution in [3.8, 4) is 22.8 Å². The molecular weight excluding hydrogens is 428 g/mol. The molecule has 3 aromatic rings. The van der Waals surface area contributed by atoms with Crippen LogP contribution in [0.5, 0.6) is 11.5 Å². The minimum absolute atomic E-state index is 0.229. The van der Waals surface area contributed by atoms with Crippen molar-refractivity contribution in [2.75, 3.05) is 14.2 Å². The Hall–Kier alpha value is -2.25. The van der Waals surface area contributed by atoms with Crippen LogP contribution in [0, 0.1) is 0 Å². The average Bonchev–Trinajstić information content (AvgIpc) is 2.68. The second kappa shape index (κ2) is 7.40. The van der Waals surface area contributed by atoms with Crippen molar-refractivity contribution in [1.82, 2.24) is 9.55 Å². The highest BCUT2D eigenvalue weighted by Crippen LogP contribution is 2.39. The minimum Gasteiger partial charge on any atom is -0.493 e. The third-order valence-electron chi connectivity index (χ3n) is 4.51. The summed E-state index contributed by atoms with van der Waals surface area (Å²) in [5.74, 6) is 1.35. The highest BCUT2D eigenvalue weighted by Gasteiger charge is 2.21. The van der Waals surface area contributed by atoms with Crippen LogP contribution >= 0.6 is 27.7 Å². The van der Waals surface area contributed by atoms with Gasteiger partial charge in [0.2, 0.25) is 0 Å². The lowest BCUT2D eigenvalue weighted by Crippen LogP contribution is -2.28. The summed E-state index contributed by atoms with van der Waals surface area (Å²) in [5.41, 5.74) is 2.75. The summed E-state index contributed by atoms with van der Waals surface area (Å²) in [5, 5.41) is 0.677. The number of ether oxygens (including phenoxy) is 2. The molecule has 1 aromatic heterocycles. The topological polar surface area (TPSA) is 53.4 Å². The molecule has 2 aromatic carbocycles. The van der Waals surface area contributed by atoms with Gasteiger partial charge in [0.05, 0.1) is 19.9 Å². The normalized spacial score (nSPS) is 12.3. The van der Waals surface area contributed by atoms with Crippen LogP contribution in [0.15, 0.2) is 61.7 Å². The summed E-state index contributed by atoms with van der Waals surface area (Å²) in [6.45, 7) is 0.604. The predicted octanol–water partition coefficient (Wildman–Crippen LogP) is 4.40. The minimum atomic E-state index is -0.229. The van der Waals surface area contributed by atoms with E-state index in [1.54, 1.807) is 18.8 Å². The Kier molecular flexibility index (Phi) is 4.97. The van der Waals surface area contributed by atoms with Crippen molar-refractivity contribution in [3.63, 3.8) is 0 Å². The van der Waals surface area contributed by atoms with Crippen molar-refractivity contribution in [1.29, 1.82) is 0 Å². The second-order valence-corrected chi connectivity index (χ2v) is 8.09. The summed E-state index contributed by atoms with van der Waals surface area (Å²) in [4.78, 5) is 17.9. The maximum Gasteiger partial charge on any atom is 0.349 e. The van der Waals surface area contributed by atoms with E-state index in [9.17, 15) is 4.79 Å². The third kappa shape index (κ3) is 3.49. The molecule has 0 saturated carbocycles. The molecular formula is C20H17BrN2O3S. The van der Waals surface area contributed by atoms with Gasteiger partial charge < -0.3 is 9.47 Å². The van der Waals surface area contributed by atoms with Gasteiger partial charge >= 0.3 is 5.69 Å². The van der Waals surface area contributed by atoms with Gasteiger partial charge in [-0.25, -0.2) is 4.79 Å². The number of methoxy groups -OCH3 is 2. The van der Waals surface area contributed by atoms with Crippen LogP contribution in [-0.4, -0.2) is 23.8 Å². The third-order valence-corrected chi connectivity index (χ3v) is 5.97. The number of hydrogen-bond acceptors (Lipinski definition) is 5. The first-order valence-electron chi connectivity index (χ1n) is 8.39. The summed E-state index contributed by atoms with van der Waals surface area (Å²) in [7, 11) is 3.24. The highest BCUT2D eigenvalue weighted by molar-refractivity contribution is 9.10. The molecule has 0 aliphatic carbocycles. The van der Waals surface area contributed by atoms with Crippen LogP contribution in [0.2, 0.25) is 0 Å². The van der Waals surface area contributed by atoms with E-state index in [-0.39, 0.29) is 5.69 Å². The number of fused-ring (bicyclic) bond motifs is 3. The Labute approximate surface area is 169 Å². The maximum atomic E-state index is 12.6. The average molecular weight is 445 g/mol. The van der Waals surface area contributed by atoms with Crippen LogP contribution in [0.1, 0.15) is 5.56 Å². The zero-order chi connectivity index (χ0) is 19.0. The molecule has 0 bridgehead atoms. The fraction of sp³-hybridized carbons (Fsp3) is 0.200. The largest absolute Gasteiger partial charge is 0.493 e. The van der Waals surface area contributed by atoms with E-state index in [0.717, 1.165) is 32.6 Å². The first-order chi connectivity index (χ1) is 13.1. The molecule has 0 N–H and O–H groups in total. The first-order valence-corrected chi connectivity index (χ1v) is 10.0. The van der Waals surface area contributed by atoms with Gasteiger partial charge in [0, 0.05) is 21.5 Å². The second-order valence-electron chi connectivity index (χ2n) is 6.08. The number of nitrogens with zero attached hydrogens (tertiary/aromatic N) is 2. The zero-order valence-corrected chi connectivity index (χ0v) is 17.3. The maximum absolute atomic E-state index is 12.6. The molecule has 0 fully saturated rings. The van der Waals surface area contributed by atoms with Crippen LogP contribution < -0.4 is 15.2 Å². The molecule has 1 aliphatic heterocycles. The van der Waals surface area contributed by atoms with Gasteiger partial charge in [-0.1, -0.05) is 27.7 Å². The van der Waals surface area contributed by atoms with Gasteiger partial charge in [0.25, 0.3) is 0 Å². The van der Waals surface area contributed by atoms with Crippen LogP contribution in [0.25, 0.3) is 11.3 Å². The van der Waals surface area contributed by atoms with E-state index in [0.29, 0.717) is 23.1 Å². The van der Waals surface area contributed by atoms with Crippen molar-refractivity contribution < 1.29 is 9.47 Å². The van der Waals surface area contributed by atoms with Crippen LogP contribution in [0.4, 0.5) is 0 Å². The van der Waals surface area contributed by atoms with Crippen molar-refractivity contribution in [2.45, 2.75) is 22.9 Å². The molecule has 5 nitrogen and oxygen atoms in total. The van der Waals surface area contributed by atoms with Gasteiger partial charge in [-0.05, 0) is 54.4 Å². The molecule has 0 saturated heterocycles. The lowest BCUT2D eigenvalue weighted by atomic mass is 9.97. The smallest absolute Gasteiger partial charge is 0.349 e. The first kappa shape index (κ1) is 18.1. The molecule has 0 amide bonds. The molecule has 0 spiro atoms. The SMILES string of the molecule is COc1cc2c(cc1OC)-c1cc(Sc3ccc(Br)cc3)nc(=O)n1CC2. The summed E-state index contributed by atoms with van der Waals surface area (Å²) in [6, 6.07) is 13.8. The number of aromatic nitrogens is 2. The lowest BCUT2D eigenvalue weighted by molar-refractivity contribution is 0.354. The number of hydrogen-bond donors (Lipinski definition) is 0. The fourth-order valence-corrected chi connectivity index (χ4v) is 4.27. The summed E-state index contributed by atoms with van der Waals surface area (Å²) in [6.07, 6.45) is 0.753. The molecule has 0 radical (unpaired) electrons. The van der Waals surface area contributed by atoms with Crippen molar-refractivity contribution in [3.05, 3.63) is 63.0 Å². The highest BCUT2D eigenvalue weighted by atomic mass is 79.9. The summed E-state index contributed by atoms with van der Waals surface area (Å²) < 4.78 is 13.6. The Balaban J connectivity index is 1.80. The molecule has 7 heteroatoms. The lowest BCUT2D eigenvalue weighted by Gasteiger charge is -2.23. The number of benzene rings is 2. The monoisotopic (exact) mass is 444 g/mol. The summed E-state index contributed by atoms with van der Waals surface area (Å²) >= 11 is 4.91. The van der Waals surface area contributed by atoms with Gasteiger partial charge in [-0.2, -0.15) is 4.98 Å². The fourth-order valence-electron chi connectivity index (χ4n) is 3.20.